The first-order chi connectivity index (χ1) is 12.9. The molecule has 0 aromatic heterocycles. The SMILES string of the molecule is CCc1cc(F)c([C@@H]2CNC(=O)[C@H]2CC(=O)Cc2ccc(F)cc2)c(F)c1. The van der Waals surface area contributed by atoms with Crippen LogP contribution >= 0.6 is 0 Å². The smallest absolute Gasteiger partial charge is 0.224 e. The zero-order valence-corrected chi connectivity index (χ0v) is 14.9. The number of hydrogen-bond acceptors (Lipinski definition) is 2. The molecule has 6 heteroatoms. The van der Waals surface area contributed by atoms with Gasteiger partial charge in [0.1, 0.15) is 23.2 Å². The van der Waals surface area contributed by atoms with Gasteiger partial charge in [-0.25, -0.2) is 13.2 Å². The molecule has 1 saturated heterocycles. The third kappa shape index (κ3) is 4.21. The monoisotopic (exact) mass is 375 g/mol. The first-order valence-corrected chi connectivity index (χ1v) is 8.90. The van der Waals surface area contributed by atoms with Gasteiger partial charge in [0.2, 0.25) is 5.91 Å². The van der Waals surface area contributed by atoms with E-state index in [4.69, 9.17) is 0 Å². The molecule has 1 amide bonds. The standard InChI is InChI=1S/C21H20F3NO2/c1-2-12-8-18(23)20(19(24)9-12)17-11-25-21(27)16(17)10-15(26)7-13-3-5-14(22)6-4-13/h3-6,8-9,16-17H,2,7,10-11H2,1H3,(H,25,27)/t16-,17+/m0/s1. The molecule has 1 fully saturated rings. The summed E-state index contributed by atoms with van der Waals surface area (Å²) in [6, 6.07) is 8.07. The molecule has 1 heterocycles. The minimum absolute atomic E-state index is 0.0382. The predicted octanol–water partition coefficient (Wildman–Crippen LogP) is 3.70. The highest BCUT2D eigenvalue weighted by molar-refractivity contribution is 5.90. The van der Waals surface area contributed by atoms with E-state index in [1.807, 2.05) is 0 Å². The van der Waals surface area contributed by atoms with Crippen molar-refractivity contribution in [1.29, 1.82) is 0 Å². The lowest BCUT2D eigenvalue weighted by Crippen LogP contribution is -2.23. The minimum atomic E-state index is -0.825. The Morgan fingerprint density at radius 3 is 2.30 bits per heavy atom. The van der Waals surface area contributed by atoms with E-state index in [9.17, 15) is 22.8 Å². The van der Waals surface area contributed by atoms with Crippen LogP contribution in [0.3, 0.4) is 0 Å². The third-order valence-electron chi connectivity index (χ3n) is 5.00. The molecule has 3 rings (SSSR count). The molecule has 0 radical (unpaired) electrons. The summed E-state index contributed by atoms with van der Waals surface area (Å²) in [5.41, 5.74) is 1.01. The van der Waals surface area contributed by atoms with Crippen LogP contribution in [0, 0.1) is 23.4 Å². The number of carbonyl (C=O) groups excluding carboxylic acids is 2. The zero-order chi connectivity index (χ0) is 19.6. The number of aryl methyl sites for hydroxylation is 1. The second-order valence-corrected chi connectivity index (χ2v) is 6.83. The topological polar surface area (TPSA) is 46.2 Å². The molecule has 0 unspecified atom stereocenters. The number of halogens is 3. The van der Waals surface area contributed by atoms with E-state index in [0.29, 0.717) is 17.5 Å². The number of hydrogen-bond donors (Lipinski definition) is 1. The van der Waals surface area contributed by atoms with Gasteiger partial charge in [0.25, 0.3) is 0 Å². The largest absolute Gasteiger partial charge is 0.355 e. The highest BCUT2D eigenvalue weighted by Crippen LogP contribution is 2.35. The molecular weight excluding hydrogens is 355 g/mol. The average Bonchev–Trinajstić information content (AvgIpc) is 2.97. The van der Waals surface area contributed by atoms with Crippen LogP contribution in [0.25, 0.3) is 0 Å². The number of ketones is 1. The van der Waals surface area contributed by atoms with Crippen molar-refractivity contribution in [3.8, 4) is 0 Å². The summed E-state index contributed by atoms with van der Waals surface area (Å²) in [6.45, 7) is 1.89. The van der Waals surface area contributed by atoms with E-state index in [1.165, 1.54) is 36.4 Å². The van der Waals surface area contributed by atoms with Gasteiger partial charge >= 0.3 is 0 Å². The first-order valence-electron chi connectivity index (χ1n) is 8.90. The van der Waals surface area contributed by atoms with Gasteiger partial charge in [-0.3, -0.25) is 9.59 Å². The fourth-order valence-electron chi connectivity index (χ4n) is 3.55. The molecule has 1 aliphatic heterocycles. The maximum Gasteiger partial charge on any atom is 0.224 e. The van der Waals surface area contributed by atoms with Crippen LogP contribution in [0.1, 0.15) is 36.0 Å². The number of amides is 1. The highest BCUT2D eigenvalue weighted by Gasteiger charge is 2.39. The molecular formula is C21H20F3NO2. The second-order valence-electron chi connectivity index (χ2n) is 6.83. The Morgan fingerprint density at radius 1 is 1.07 bits per heavy atom. The molecule has 0 bridgehead atoms. The first kappa shape index (κ1) is 19.1. The number of nitrogens with one attached hydrogen (secondary N) is 1. The third-order valence-corrected chi connectivity index (χ3v) is 5.00. The molecule has 2 aromatic rings. The molecule has 27 heavy (non-hydrogen) atoms. The highest BCUT2D eigenvalue weighted by atomic mass is 19.1. The molecule has 1 aliphatic rings. The van der Waals surface area contributed by atoms with Gasteiger partial charge < -0.3 is 5.32 Å². The molecule has 2 aromatic carbocycles. The molecule has 0 spiro atoms. The molecule has 3 nitrogen and oxygen atoms in total. The summed E-state index contributed by atoms with van der Waals surface area (Å²) < 4.78 is 41.9. The van der Waals surface area contributed by atoms with Crippen molar-refractivity contribution in [1.82, 2.24) is 5.32 Å². The summed E-state index contributed by atoms with van der Waals surface area (Å²) in [6.07, 6.45) is 0.411. The lowest BCUT2D eigenvalue weighted by Gasteiger charge is -2.18. The van der Waals surface area contributed by atoms with E-state index in [1.54, 1.807) is 6.92 Å². The Balaban J connectivity index is 1.78. The van der Waals surface area contributed by atoms with Crippen molar-refractivity contribution in [2.75, 3.05) is 6.54 Å². The van der Waals surface area contributed by atoms with Gasteiger partial charge in [-0.05, 0) is 41.8 Å². The molecule has 0 aliphatic carbocycles. The number of carbonyl (C=O) groups is 2. The van der Waals surface area contributed by atoms with Crippen LogP contribution in [0.15, 0.2) is 36.4 Å². The quantitative estimate of drug-likeness (QED) is 0.837. The Hall–Kier alpha value is -2.63. The van der Waals surface area contributed by atoms with Crippen LogP contribution in [0.5, 0.6) is 0 Å². The molecule has 0 saturated carbocycles. The number of Topliss-reactive ketones (excluding diaryl/α,β-unsaturated/α-hetero) is 1. The Morgan fingerprint density at radius 2 is 1.70 bits per heavy atom. The summed E-state index contributed by atoms with van der Waals surface area (Å²) in [7, 11) is 0. The number of benzene rings is 2. The summed E-state index contributed by atoms with van der Waals surface area (Å²) in [5.74, 6) is -3.96. The van der Waals surface area contributed by atoms with Gasteiger partial charge in [-0.1, -0.05) is 19.1 Å². The fourth-order valence-corrected chi connectivity index (χ4v) is 3.55. The van der Waals surface area contributed by atoms with Gasteiger partial charge in [-0.15, -0.1) is 0 Å². The number of rotatable bonds is 6. The van der Waals surface area contributed by atoms with E-state index < -0.39 is 29.3 Å². The average molecular weight is 375 g/mol. The van der Waals surface area contributed by atoms with E-state index in [2.05, 4.69) is 5.32 Å². The Labute approximate surface area is 155 Å². The second kappa shape index (κ2) is 7.94. The van der Waals surface area contributed by atoms with E-state index in [0.717, 1.165) is 0 Å². The van der Waals surface area contributed by atoms with Crippen molar-refractivity contribution < 1.29 is 22.8 Å². The van der Waals surface area contributed by atoms with Crippen molar-refractivity contribution in [3.05, 3.63) is 70.5 Å². The molecule has 142 valence electrons. The zero-order valence-electron chi connectivity index (χ0n) is 14.9. The van der Waals surface area contributed by atoms with Gasteiger partial charge in [0.05, 0.1) is 5.92 Å². The van der Waals surface area contributed by atoms with Gasteiger partial charge in [0, 0.05) is 30.9 Å². The summed E-state index contributed by atoms with van der Waals surface area (Å²) >= 11 is 0. The maximum absolute atomic E-state index is 14.5. The van der Waals surface area contributed by atoms with Crippen molar-refractivity contribution in [2.45, 2.75) is 32.1 Å². The Kier molecular flexibility index (Phi) is 5.63. The van der Waals surface area contributed by atoms with Crippen LogP contribution in [-0.4, -0.2) is 18.2 Å². The van der Waals surface area contributed by atoms with Crippen LogP contribution in [-0.2, 0) is 22.4 Å². The van der Waals surface area contributed by atoms with Crippen molar-refractivity contribution in [3.63, 3.8) is 0 Å². The predicted molar refractivity (Wildman–Crippen MR) is 94.7 cm³/mol. The van der Waals surface area contributed by atoms with E-state index in [-0.39, 0.29) is 36.6 Å². The molecule has 2 atom stereocenters. The van der Waals surface area contributed by atoms with Crippen molar-refractivity contribution >= 4 is 11.7 Å². The van der Waals surface area contributed by atoms with Crippen LogP contribution < -0.4 is 5.32 Å². The fraction of sp³-hybridized carbons (Fsp3) is 0.333. The van der Waals surface area contributed by atoms with Gasteiger partial charge in [0.15, 0.2) is 0 Å². The minimum Gasteiger partial charge on any atom is -0.355 e. The van der Waals surface area contributed by atoms with E-state index >= 15 is 0 Å². The summed E-state index contributed by atoms with van der Waals surface area (Å²) in [4.78, 5) is 24.6. The Bertz CT molecular complexity index is 841. The summed E-state index contributed by atoms with van der Waals surface area (Å²) in [5, 5.41) is 2.60. The van der Waals surface area contributed by atoms with Gasteiger partial charge in [-0.2, -0.15) is 0 Å². The van der Waals surface area contributed by atoms with Crippen LogP contribution in [0.4, 0.5) is 13.2 Å². The normalized spacial score (nSPS) is 19.2. The molecule has 1 N–H and O–H groups in total. The van der Waals surface area contributed by atoms with Crippen LogP contribution in [0.2, 0.25) is 0 Å². The van der Waals surface area contributed by atoms with Crippen molar-refractivity contribution in [2.24, 2.45) is 5.92 Å². The lowest BCUT2D eigenvalue weighted by atomic mass is 9.83. The lowest BCUT2D eigenvalue weighted by molar-refractivity contribution is -0.127. The maximum atomic E-state index is 14.5.